The second kappa shape index (κ2) is 5.50. The zero-order chi connectivity index (χ0) is 15.8. The lowest BCUT2D eigenvalue weighted by Gasteiger charge is -2.34. The molecule has 1 heterocycles. The van der Waals surface area contributed by atoms with Crippen molar-refractivity contribution < 1.29 is 22.7 Å². The molecular weight excluding hydrogens is 307 g/mol. The quantitative estimate of drug-likeness (QED) is 0.833. The summed E-state index contributed by atoms with van der Waals surface area (Å²) in [6, 6.07) is 2.87. The molecule has 0 aromatic heterocycles. The molecule has 1 atom stereocenters. The molecule has 1 aliphatic rings. The third-order valence-electron chi connectivity index (χ3n) is 3.78. The predicted molar refractivity (Wildman–Crippen MR) is 72.4 cm³/mol. The Morgan fingerprint density at radius 2 is 2.05 bits per heavy atom. The van der Waals surface area contributed by atoms with Crippen LogP contribution in [0.3, 0.4) is 0 Å². The lowest BCUT2D eigenvalue weighted by molar-refractivity contribution is -0.137. The molecule has 1 aliphatic heterocycles. The molecule has 0 radical (unpaired) electrons. The van der Waals surface area contributed by atoms with E-state index in [9.17, 15) is 18.0 Å². The van der Waals surface area contributed by atoms with Gasteiger partial charge in [-0.25, -0.2) is 0 Å². The van der Waals surface area contributed by atoms with Gasteiger partial charge in [0.05, 0.1) is 17.7 Å². The molecule has 21 heavy (non-hydrogen) atoms. The molecule has 0 aliphatic carbocycles. The summed E-state index contributed by atoms with van der Waals surface area (Å²) in [4.78, 5) is 13.8. The Labute approximate surface area is 125 Å². The van der Waals surface area contributed by atoms with E-state index in [1.54, 1.807) is 7.05 Å². The summed E-state index contributed by atoms with van der Waals surface area (Å²) < 4.78 is 43.6. The molecule has 1 unspecified atom stereocenters. The first kappa shape index (κ1) is 16.1. The third kappa shape index (κ3) is 3.32. The minimum absolute atomic E-state index is 0.0783. The van der Waals surface area contributed by atoms with Crippen molar-refractivity contribution in [1.29, 1.82) is 0 Å². The molecule has 0 N–H and O–H groups in total. The van der Waals surface area contributed by atoms with Crippen LogP contribution >= 0.6 is 11.6 Å². The summed E-state index contributed by atoms with van der Waals surface area (Å²) >= 11 is 5.70. The fourth-order valence-corrected chi connectivity index (χ4v) is 2.47. The fourth-order valence-electron chi connectivity index (χ4n) is 2.24. The fraction of sp³-hybridized carbons (Fsp3) is 0.500. The van der Waals surface area contributed by atoms with Crippen LogP contribution < -0.4 is 0 Å². The van der Waals surface area contributed by atoms with Gasteiger partial charge in [0.25, 0.3) is 5.91 Å². The number of carbonyl (C=O) groups excluding carboxylic acids is 1. The number of halogens is 4. The van der Waals surface area contributed by atoms with Gasteiger partial charge in [-0.05, 0) is 31.5 Å². The Bertz CT molecular complexity index is 554. The SMILES string of the molecule is CN(C(=O)c1cc(Cl)cc(C(F)(F)F)c1)C1(C)CCOC1. The predicted octanol–water partition coefficient (Wildman–Crippen LogP) is 3.61. The monoisotopic (exact) mass is 321 g/mol. The maximum absolute atomic E-state index is 12.8. The van der Waals surface area contributed by atoms with Gasteiger partial charge in [0.2, 0.25) is 0 Å². The summed E-state index contributed by atoms with van der Waals surface area (Å²) in [7, 11) is 1.56. The van der Waals surface area contributed by atoms with Crippen molar-refractivity contribution >= 4 is 17.5 Å². The van der Waals surface area contributed by atoms with E-state index < -0.39 is 23.2 Å². The summed E-state index contributed by atoms with van der Waals surface area (Å²) in [5.74, 6) is -0.504. The molecule has 116 valence electrons. The van der Waals surface area contributed by atoms with Gasteiger partial charge in [-0.3, -0.25) is 4.79 Å². The number of benzene rings is 1. The molecule has 1 saturated heterocycles. The average molecular weight is 322 g/mol. The Morgan fingerprint density at radius 1 is 1.38 bits per heavy atom. The van der Waals surface area contributed by atoms with Crippen molar-refractivity contribution in [2.45, 2.75) is 25.1 Å². The topological polar surface area (TPSA) is 29.5 Å². The van der Waals surface area contributed by atoms with Gasteiger partial charge >= 0.3 is 6.18 Å². The Kier molecular flexibility index (Phi) is 4.22. The van der Waals surface area contributed by atoms with E-state index >= 15 is 0 Å². The number of ether oxygens (including phenoxy) is 1. The Balaban J connectivity index is 2.33. The van der Waals surface area contributed by atoms with Crippen molar-refractivity contribution in [3.63, 3.8) is 0 Å². The Morgan fingerprint density at radius 3 is 2.57 bits per heavy atom. The van der Waals surface area contributed by atoms with Crippen molar-refractivity contribution in [3.8, 4) is 0 Å². The number of alkyl halides is 3. The van der Waals surface area contributed by atoms with E-state index in [-0.39, 0.29) is 10.6 Å². The van der Waals surface area contributed by atoms with Crippen LogP contribution in [-0.2, 0) is 10.9 Å². The lowest BCUT2D eigenvalue weighted by atomic mass is 9.98. The average Bonchev–Trinajstić information content (AvgIpc) is 2.83. The summed E-state index contributed by atoms with van der Waals surface area (Å²) in [6.07, 6.45) is -3.90. The highest BCUT2D eigenvalue weighted by atomic mass is 35.5. The molecule has 1 amide bonds. The second-order valence-electron chi connectivity index (χ2n) is 5.39. The number of rotatable bonds is 2. The van der Waals surface area contributed by atoms with Crippen LogP contribution in [0.4, 0.5) is 13.2 Å². The standard InChI is InChI=1S/C14H15ClF3NO2/c1-13(3-4-21-8-13)19(2)12(20)9-5-10(14(16,17)18)7-11(15)6-9/h5-7H,3-4,8H2,1-2H3. The largest absolute Gasteiger partial charge is 0.416 e. The minimum Gasteiger partial charge on any atom is -0.379 e. The summed E-state index contributed by atoms with van der Waals surface area (Å²) in [5, 5.41) is -0.116. The molecule has 0 bridgehead atoms. The van der Waals surface area contributed by atoms with Crippen molar-refractivity contribution in [2.75, 3.05) is 20.3 Å². The lowest BCUT2D eigenvalue weighted by Crippen LogP contribution is -2.47. The van der Waals surface area contributed by atoms with Crippen LogP contribution in [0, 0.1) is 0 Å². The van der Waals surface area contributed by atoms with Crippen molar-refractivity contribution in [1.82, 2.24) is 4.90 Å². The van der Waals surface area contributed by atoms with Crippen LogP contribution in [0.5, 0.6) is 0 Å². The maximum Gasteiger partial charge on any atom is 0.416 e. The number of hydrogen-bond donors (Lipinski definition) is 0. The normalized spacial score (nSPS) is 22.4. The van der Waals surface area contributed by atoms with Crippen LogP contribution in [0.1, 0.15) is 29.3 Å². The second-order valence-corrected chi connectivity index (χ2v) is 5.83. The molecule has 1 aromatic rings. The molecule has 3 nitrogen and oxygen atoms in total. The highest BCUT2D eigenvalue weighted by Gasteiger charge is 2.38. The first-order valence-electron chi connectivity index (χ1n) is 6.37. The molecule has 2 rings (SSSR count). The maximum atomic E-state index is 12.8. The number of hydrogen-bond acceptors (Lipinski definition) is 2. The summed E-state index contributed by atoms with van der Waals surface area (Å²) in [5.41, 5.74) is -1.53. The summed E-state index contributed by atoms with van der Waals surface area (Å²) in [6.45, 7) is 2.73. The number of nitrogens with zero attached hydrogens (tertiary/aromatic N) is 1. The molecule has 1 fully saturated rings. The Hall–Kier alpha value is -1.27. The molecule has 1 aromatic carbocycles. The van der Waals surface area contributed by atoms with E-state index in [0.717, 1.165) is 12.1 Å². The first-order valence-corrected chi connectivity index (χ1v) is 6.75. The highest BCUT2D eigenvalue weighted by Crippen LogP contribution is 2.33. The van der Waals surface area contributed by atoms with Crippen LogP contribution in [0.15, 0.2) is 18.2 Å². The minimum atomic E-state index is -4.54. The van der Waals surface area contributed by atoms with Crippen molar-refractivity contribution in [3.05, 3.63) is 34.3 Å². The third-order valence-corrected chi connectivity index (χ3v) is 4.00. The van der Waals surface area contributed by atoms with Gasteiger partial charge in [0.1, 0.15) is 0 Å². The van der Waals surface area contributed by atoms with E-state index in [1.807, 2.05) is 6.92 Å². The van der Waals surface area contributed by atoms with E-state index in [0.29, 0.717) is 19.6 Å². The molecular formula is C14H15ClF3NO2. The number of amides is 1. The van der Waals surface area contributed by atoms with Crippen LogP contribution in [0.25, 0.3) is 0 Å². The van der Waals surface area contributed by atoms with E-state index in [2.05, 4.69) is 0 Å². The number of likely N-dealkylation sites (N-methyl/N-ethyl adjacent to an activating group) is 1. The highest BCUT2D eigenvalue weighted by molar-refractivity contribution is 6.31. The smallest absolute Gasteiger partial charge is 0.379 e. The first-order chi connectivity index (χ1) is 9.63. The van der Waals surface area contributed by atoms with Gasteiger partial charge < -0.3 is 9.64 Å². The molecule has 7 heteroatoms. The number of carbonyl (C=O) groups is 1. The molecule has 0 saturated carbocycles. The van der Waals surface area contributed by atoms with Gasteiger partial charge in [-0.1, -0.05) is 11.6 Å². The van der Waals surface area contributed by atoms with Gasteiger partial charge in [0, 0.05) is 24.2 Å². The molecule has 0 spiro atoms. The van der Waals surface area contributed by atoms with Crippen LogP contribution in [0.2, 0.25) is 5.02 Å². The van der Waals surface area contributed by atoms with Crippen molar-refractivity contribution in [2.24, 2.45) is 0 Å². The zero-order valence-corrected chi connectivity index (χ0v) is 12.4. The zero-order valence-electron chi connectivity index (χ0n) is 11.6. The van der Waals surface area contributed by atoms with Gasteiger partial charge in [-0.2, -0.15) is 13.2 Å². The van der Waals surface area contributed by atoms with Crippen LogP contribution in [-0.4, -0.2) is 36.6 Å². The van der Waals surface area contributed by atoms with Gasteiger partial charge in [-0.15, -0.1) is 0 Å². The van der Waals surface area contributed by atoms with E-state index in [1.165, 1.54) is 11.0 Å². The van der Waals surface area contributed by atoms with E-state index in [4.69, 9.17) is 16.3 Å². The van der Waals surface area contributed by atoms with Gasteiger partial charge in [0.15, 0.2) is 0 Å².